The Morgan fingerprint density at radius 2 is 1.82 bits per heavy atom. The molecule has 17 heavy (non-hydrogen) atoms. The van der Waals surface area contributed by atoms with Crippen LogP contribution in [0.25, 0.3) is 10.2 Å². The summed E-state index contributed by atoms with van der Waals surface area (Å²) in [5, 5.41) is -0.525. The summed E-state index contributed by atoms with van der Waals surface area (Å²) in [7, 11) is -7.62. The van der Waals surface area contributed by atoms with Gasteiger partial charge in [0.15, 0.2) is 9.50 Å². The Morgan fingerprint density at radius 3 is 2.41 bits per heavy atom. The molecule has 0 radical (unpaired) electrons. The molecule has 1 heterocycles. The van der Waals surface area contributed by atoms with Crippen LogP contribution in [0.15, 0.2) is 24.3 Å². The van der Waals surface area contributed by atoms with E-state index in [0.29, 0.717) is 0 Å². The van der Waals surface area contributed by atoms with E-state index in [9.17, 15) is 21.6 Å². The standard InChI is InChI=1S/C8H6F3N2O2S2/c9-8(10,11)17(14,15)16-6-4-2-1-3-5(6)13-7(16)12/h1-4H,(H2,12,13)/q+1. The number of benzene rings is 1. The molecule has 0 aliphatic heterocycles. The molecule has 0 saturated heterocycles. The Balaban J connectivity index is 2.85. The number of aromatic nitrogens is 1. The van der Waals surface area contributed by atoms with E-state index in [1.54, 1.807) is 6.07 Å². The Hall–Kier alpha value is -1.35. The third-order valence-electron chi connectivity index (χ3n) is 1.99. The third-order valence-corrected chi connectivity index (χ3v) is 7.14. The molecule has 1 aromatic carbocycles. The fourth-order valence-electron chi connectivity index (χ4n) is 1.30. The molecule has 4 nitrogen and oxygen atoms in total. The van der Waals surface area contributed by atoms with Gasteiger partial charge in [0, 0.05) is 6.07 Å². The maximum absolute atomic E-state index is 12.5. The lowest BCUT2D eigenvalue weighted by Crippen LogP contribution is -2.20. The largest absolute Gasteiger partial charge is 0.549 e. The fourth-order valence-corrected chi connectivity index (χ4v) is 5.35. The van der Waals surface area contributed by atoms with Gasteiger partial charge in [-0.2, -0.15) is 26.6 Å². The van der Waals surface area contributed by atoms with Gasteiger partial charge in [0.25, 0.3) is 0 Å². The van der Waals surface area contributed by atoms with Crippen molar-refractivity contribution in [2.75, 3.05) is 5.73 Å². The van der Waals surface area contributed by atoms with Gasteiger partial charge in [-0.1, -0.05) is 12.1 Å². The van der Waals surface area contributed by atoms with E-state index in [2.05, 4.69) is 4.98 Å². The first-order chi connectivity index (χ1) is 7.75. The lowest BCUT2D eigenvalue weighted by Gasteiger charge is -1.99. The molecule has 0 bridgehead atoms. The van der Waals surface area contributed by atoms with Crippen LogP contribution in [0.5, 0.6) is 0 Å². The highest BCUT2D eigenvalue weighted by Crippen LogP contribution is 2.47. The van der Waals surface area contributed by atoms with E-state index >= 15 is 0 Å². The first kappa shape index (κ1) is 12.1. The topological polar surface area (TPSA) is 73.0 Å². The summed E-state index contributed by atoms with van der Waals surface area (Å²) in [5.74, 6) is 0. The normalized spacial score (nSPS) is 14.2. The molecule has 2 N–H and O–H groups in total. The average Bonchev–Trinajstić information content (AvgIpc) is 2.51. The number of nitrogen functional groups attached to an aromatic ring is 1. The SMILES string of the molecule is Nc1nc2ccccc2[s+]1S(=O)(=O)C(F)(F)F. The zero-order valence-electron chi connectivity index (χ0n) is 8.10. The summed E-state index contributed by atoms with van der Waals surface area (Å²) in [6.45, 7) is 0. The summed E-state index contributed by atoms with van der Waals surface area (Å²) < 4.78 is 60.1. The summed E-state index contributed by atoms with van der Waals surface area (Å²) in [6, 6.07) is 5.69. The number of halogens is 3. The molecule has 92 valence electrons. The van der Waals surface area contributed by atoms with Crippen LogP contribution in [0.4, 0.5) is 18.3 Å². The lowest BCUT2D eigenvalue weighted by atomic mass is 10.3. The van der Waals surface area contributed by atoms with Crippen molar-refractivity contribution in [1.82, 2.24) is 4.98 Å². The quantitative estimate of drug-likeness (QED) is 0.643. The highest BCUT2D eigenvalue weighted by molar-refractivity contribution is 8.41. The Labute approximate surface area is 96.2 Å². The monoisotopic (exact) mass is 283 g/mol. The average molecular weight is 283 g/mol. The molecular formula is C8H6F3N2O2S2+. The van der Waals surface area contributed by atoms with Crippen molar-refractivity contribution in [3.63, 3.8) is 0 Å². The Kier molecular flexibility index (Phi) is 2.54. The molecule has 0 aliphatic carbocycles. The van der Waals surface area contributed by atoms with Crippen LogP contribution in [0.3, 0.4) is 0 Å². The maximum atomic E-state index is 12.5. The predicted octanol–water partition coefficient (Wildman–Crippen LogP) is 2.26. The minimum Gasteiger partial charge on any atom is -0.338 e. The summed E-state index contributed by atoms with van der Waals surface area (Å²) in [5.41, 5.74) is 0.123. The van der Waals surface area contributed by atoms with Gasteiger partial charge < -0.3 is 5.73 Å². The van der Waals surface area contributed by atoms with Crippen LogP contribution in [0.1, 0.15) is 0 Å². The molecule has 1 atom stereocenters. The highest BCUT2D eigenvalue weighted by atomic mass is 33.2. The smallest absolute Gasteiger partial charge is 0.338 e. The van der Waals surface area contributed by atoms with Gasteiger partial charge in [0.2, 0.25) is 4.70 Å². The second-order valence-electron chi connectivity index (χ2n) is 3.09. The zero-order chi connectivity index (χ0) is 12.8. The zero-order valence-corrected chi connectivity index (χ0v) is 9.73. The molecule has 1 unspecified atom stereocenters. The molecule has 1 aromatic heterocycles. The molecule has 0 fully saturated rings. The molecular weight excluding hydrogens is 277 g/mol. The van der Waals surface area contributed by atoms with Crippen LogP contribution >= 0.6 is 9.50 Å². The van der Waals surface area contributed by atoms with Crippen LogP contribution in [0.2, 0.25) is 0 Å². The van der Waals surface area contributed by atoms with Crippen molar-refractivity contribution >= 4 is 33.7 Å². The summed E-state index contributed by atoms with van der Waals surface area (Å²) in [4.78, 5) is 3.64. The summed E-state index contributed by atoms with van der Waals surface area (Å²) in [6.07, 6.45) is 0. The van der Waals surface area contributed by atoms with Crippen molar-refractivity contribution in [2.45, 2.75) is 5.51 Å². The third kappa shape index (κ3) is 1.75. The number of alkyl halides is 3. The van der Waals surface area contributed by atoms with Crippen molar-refractivity contribution in [2.24, 2.45) is 0 Å². The van der Waals surface area contributed by atoms with Gasteiger partial charge in [-0.15, -0.1) is 0 Å². The van der Waals surface area contributed by atoms with Gasteiger partial charge in [-0.05, 0) is 6.07 Å². The van der Waals surface area contributed by atoms with Crippen molar-refractivity contribution in [3.8, 4) is 0 Å². The molecule has 0 saturated carbocycles. The molecule has 9 heteroatoms. The molecule has 2 rings (SSSR count). The van der Waals surface area contributed by atoms with Crippen LogP contribution < -0.4 is 5.73 Å². The van der Waals surface area contributed by atoms with Crippen LogP contribution in [-0.4, -0.2) is 18.9 Å². The Bertz CT molecular complexity index is 676. The number of anilines is 1. The van der Waals surface area contributed by atoms with Gasteiger partial charge in [-0.3, -0.25) is 0 Å². The molecule has 0 spiro atoms. The van der Waals surface area contributed by atoms with Gasteiger partial charge in [0.1, 0.15) is 5.52 Å². The molecule has 2 aromatic rings. The predicted molar refractivity (Wildman–Crippen MR) is 59.0 cm³/mol. The Morgan fingerprint density at radius 1 is 1.24 bits per heavy atom. The fraction of sp³-hybridized carbons (Fsp3) is 0.125. The number of hydrogen-bond acceptors (Lipinski definition) is 4. The van der Waals surface area contributed by atoms with Gasteiger partial charge in [-0.25, -0.2) is 0 Å². The van der Waals surface area contributed by atoms with E-state index in [0.717, 1.165) is 0 Å². The number of hydrogen-bond donors (Lipinski definition) is 1. The molecule has 0 amide bonds. The minimum atomic E-state index is -5.37. The second kappa shape index (κ2) is 3.57. The van der Waals surface area contributed by atoms with E-state index in [1.165, 1.54) is 18.2 Å². The van der Waals surface area contributed by atoms with Crippen molar-refractivity contribution < 1.29 is 21.6 Å². The van der Waals surface area contributed by atoms with Crippen molar-refractivity contribution in [1.29, 1.82) is 0 Å². The van der Waals surface area contributed by atoms with Crippen LogP contribution in [0, 0.1) is 0 Å². The number of nitrogens with zero attached hydrogens (tertiary/aromatic N) is 1. The second-order valence-corrected chi connectivity index (χ2v) is 8.17. The lowest BCUT2D eigenvalue weighted by molar-refractivity contribution is -0.0411. The van der Waals surface area contributed by atoms with E-state index in [-0.39, 0.29) is 10.2 Å². The number of thiazole rings is 1. The number of para-hydroxylation sites is 1. The highest BCUT2D eigenvalue weighted by Gasteiger charge is 2.57. The van der Waals surface area contributed by atoms with E-state index in [1.807, 2.05) is 0 Å². The maximum Gasteiger partial charge on any atom is 0.549 e. The summed E-state index contributed by atoms with van der Waals surface area (Å²) >= 11 is 0. The van der Waals surface area contributed by atoms with Crippen LogP contribution in [-0.2, 0) is 8.87 Å². The number of fused-ring (bicyclic) bond motifs is 1. The number of nitrogens with two attached hydrogens (primary N) is 1. The minimum absolute atomic E-state index is 0.0117. The number of rotatable bonds is 1. The first-order valence-electron chi connectivity index (χ1n) is 4.24. The first-order valence-corrected chi connectivity index (χ1v) is 7.47. The van der Waals surface area contributed by atoms with Gasteiger partial charge in [0.05, 0.1) is 0 Å². The molecule has 0 aliphatic rings. The van der Waals surface area contributed by atoms with Gasteiger partial charge >= 0.3 is 19.5 Å². The van der Waals surface area contributed by atoms with E-state index in [4.69, 9.17) is 5.73 Å². The van der Waals surface area contributed by atoms with E-state index < -0.39 is 29.0 Å². The van der Waals surface area contributed by atoms with Crippen molar-refractivity contribution in [3.05, 3.63) is 24.3 Å².